The zero-order valence-electron chi connectivity index (χ0n) is 7.20. The standard InChI is InChI=1S/C10H5BClNO/c11-8-1-2-9-6(4-8)3-7(5-14)10(12)13-9/h1-5H. The molecule has 1 aromatic heterocycles. The smallest absolute Gasteiger partial charge is 0.153 e. The van der Waals surface area contributed by atoms with Gasteiger partial charge < -0.3 is 0 Å². The van der Waals surface area contributed by atoms with Crippen molar-refractivity contribution < 1.29 is 4.79 Å². The fourth-order valence-corrected chi connectivity index (χ4v) is 1.46. The van der Waals surface area contributed by atoms with E-state index in [1.54, 1.807) is 24.3 Å². The highest BCUT2D eigenvalue weighted by molar-refractivity contribution is 6.34. The van der Waals surface area contributed by atoms with Gasteiger partial charge in [-0.3, -0.25) is 4.79 Å². The van der Waals surface area contributed by atoms with Crippen LogP contribution in [-0.2, 0) is 0 Å². The fourth-order valence-electron chi connectivity index (χ4n) is 1.27. The maximum atomic E-state index is 10.6. The van der Waals surface area contributed by atoms with Gasteiger partial charge in [0.2, 0.25) is 0 Å². The summed E-state index contributed by atoms with van der Waals surface area (Å²) in [6, 6.07) is 6.94. The van der Waals surface area contributed by atoms with Crippen molar-refractivity contribution in [2.24, 2.45) is 0 Å². The Morgan fingerprint density at radius 1 is 1.36 bits per heavy atom. The number of benzene rings is 1. The molecule has 0 saturated heterocycles. The van der Waals surface area contributed by atoms with E-state index in [9.17, 15) is 4.79 Å². The molecule has 0 saturated carbocycles. The predicted molar refractivity (Wildman–Crippen MR) is 57.5 cm³/mol. The molecular weight excluding hydrogens is 196 g/mol. The number of carbonyl (C=O) groups excluding carboxylic acids is 1. The summed E-state index contributed by atoms with van der Waals surface area (Å²) < 4.78 is 0. The lowest BCUT2D eigenvalue weighted by Gasteiger charge is -2.01. The minimum absolute atomic E-state index is 0.220. The Hall–Kier alpha value is -1.35. The van der Waals surface area contributed by atoms with Crippen LogP contribution in [0.2, 0.25) is 5.15 Å². The molecule has 0 spiro atoms. The van der Waals surface area contributed by atoms with Crippen LogP contribution < -0.4 is 5.46 Å². The van der Waals surface area contributed by atoms with Gasteiger partial charge in [-0.15, -0.1) is 0 Å². The van der Waals surface area contributed by atoms with Crippen LogP contribution in [0, 0.1) is 0 Å². The molecule has 0 fully saturated rings. The third-order valence-corrected chi connectivity index (χ3v) is 2.25. The molecule has 1 heterocycles. The largest absolute Gasteiger partial charge is 0.298 e. The van der Waals surface area contributed by atoms with Crippen LogP contribution in [0.25, 0.3) is 10.9 Å². The molecule has 2 rings (SSSR count). The molecule has 0 aliphatic heterocycles. The minimum atomic E-state index is 0.220. The van der Waals surface area contributed by atoms with Gasteiger partial charge in [0, 0.05) is 5.39 Å². The first-order valence-electron chi connectivity index (χ1n) is 4.01. The lowest BCUT2D eigenvalue weighted by Crippen LogP contribution is -2.01. The van der Waals surface area contributed by atoms with Crippen molar-refractivity contribution in [2.45, 2.75) is 0 Å². The molecule has 2 radical (unpaired) electrons. The predicted octanol–water partition coefficient (Wildman–Crippen LogP) is 1.49. The molecule has 1 aromatic carbocycles. The highest BCUT2D eigenvalue weighted by Gasteiger charge is 2.03. The van der Waals surface area contributed by atoms with Gasteiger partial charge >= 0.3 is 0 Å². The number of fused-ring (bicyclic) bond motifs is 1. The lowest BCUT2D eigenvalue weighted by atomic mass is 9.94. The number of nitrogens with zero attached hydrogens (tertiary/aromatic N) is 1. The molecule has 66 valence electrons. The summed E-state index contributed by atoms with van der Waals surface area (Å²) in [5.74, 6) is 0. The van der Waals surface area contributed by atoms with Crippen LogP contribution in [-0.4, -0.2) is 19.1 Å². The number of hydrogen-bond acceptors (Lipinski definition) is 2. The number of halogens is 1. The van der Waals surface area contributed by atoms with E-state index in [0.29, 0.717) is 17.3 Å². The molecule has 0 aliphatic rings. The molecule has 14 heavy (non-hydrogen) atoms. The molecule has 0 unspecified atom stereocenters. The molecule has 0 amide bonds. The normalized spacial score (nSPS) is 10.4. The maximum absolute atomic E-state index is 10.6. The van der Waals surface area contributed by atoms with Crippen molar-refractivity contribution in [2.75, 3.05) is 0 Å². The van der Waals surface area contributed by atoms with E-state index < -0.39 is 0 Å². The minimum Gasteiger partial charge on any atom is -0.298 e. The monoisotopic (exact) mass is 201 g/mol. The number of carbonyl (C=O) groups is 1. The highest BCUT2D eigenvalue weighted by Crippen LogP contribution is 2.17. The Kier molecular flexibility index (Phi) is 2.26. The van der Waals surface area contributed by atoms with Crippen molar-refractivity contribution >= 4 is 42.1 Å². The van der Waals surface area contributed by atoms with Crippen LogP contribution in [0.3, 0.4) is 0 Å². The van der Waals surface area contributed by atoms with Crippen LogP contribution >= 0.6 is 11.6 Å². The Bertz CT molecular complexity index is 513. The second-order valence-electron chi connectivity index (χ2n) is 2.94. The molecular formula is C10H5BClNO. The van der Waals surface area contributed by atoms with Gasteiger partial charge in [0.15, 0.2) is 6.29 Å². The van der Waals surface area contributed by atoms with Gasteiger partial charge in [-0.05, 0) is 12.1 Å². The summed E-state index contributed by atoms with van der Waals surface area (Å²) in [5.41, 5.74) is 1.75. The van der Waals surface area contributed by atoms with Crippen molar-refractivity contribution in [3.8, 4) is 0 Å². The van der Waals surface area contributed by atoms with Crippen LogP contribution in [0.1, 0.15) is 10.4 Å². The number of pyridine rings is 1. The first kappa shape index (κ1) is 9.22. The highest BCUT2D eigenvalue weighted by atomic mass is 35.5. The average Bonchev–Trinajstić information content (AvgIpc) is 2.17. The number of hydrogen-bond donors (Lipinski definition) is 0. The van der Waals surface area contributed by atoms with Crippen LogP contribution in [0.15, 0.2) is 24.3 Å². The van der Waals surface area contributed by atoms with Gasteiger partial charge in [-0.25, -0.2) is 4.98 Å². The Morgan fingerprint density at radius 2 is 2.14 bits per heavy atom. The SMILES string of the molecule is [B]c1ccc2nc(Cl)c(C=O)cc2c1. The molecule has 4 heteroatoms. The average molecular weight is 201 g/mol. The first-order chi connectivity index (χ1) is 6.70. The van der Waals surface area contributed by atoms with Crippen molar-refractivity contribution in [1.82, 2.24) is 4.98 Å². The summed E-state index contributed by atoms with van der Waals surface area (Å²) in [7, 11) is 5.60. The van der Waals surface area contributed by atoms with E-state index in [4.69, 9.17) is 19.4 Å². The summed E-state index contributed by atoms with van der Waals surface area (Å²) >= 11 is 5.77. The van der Waals surface area contributed by atoms with Gasteiger partial charge in [-0.2, -0.15) is 0 Å². The molecule has 2 nitrogen and oxygen atoms in total. The Labute approximate surface area is 87.3 Å². The molecule has 0 atom stereocenters. The van der Waals surface area contributed by atoms with Crippen molar-refractivity contribution in [1.29, 1.82) is 0 Å². The second kappa shape index (κ2) is 3.43. The van der Waals surface area contributed by atoms with E-state index in [-0.39, 0.29) is 5.15 Å². The zero-order chi connectivity index (χ0) is 10.1. The van der Waals surface area contributed by atoms with Gasteiger partial charge in [0.1, 0.15) is 13.0 Å². The molecule has 0 bridgehead atoms. The van der Waals surface area contributed by atoms with Crippen molar-refractivity contribution in [3.05, 3.63) is 35.0 Å². The topological polar surface area (TPSA) is 30.0 Å². The van der Waals surface area contributed by atoms with Gasteiger partial charge in [0.05, 0.1) is 11.1 Å². The Balaban J connectivity index is 2.79. The van der Waals surface area contributed by atoms with Crippen LogP contribution in [0.4, 0.5) is 0 Å². The summed E-state index contributed by atoms with van der Waals surface area (Å²) in [6.07, 6.45) is 0.679. The summed E-state index contributed by atoms with van der Waals surface area (Å²) in [6.45, 7) is 0. The van der Waals surface area contributed by atoms with Gasteiger partial charge in [-0.1, -0.05) is 29.2 Å². The third-order valence-electron chi connectivity index (χ3n) is 1.95. The summed E-state index contributed by atoms with van der Waals surface area (Å²) in [5, 5.41) is 1.04. The third kappa shape index (κ3) is 1.51. The van der Waals surface area contributed by atoms with Gasteiger partial charge in [0.25, 0.3) is 0 Å². The molecule has 2 aromatic rings. The quantitative estimate of drug-likeness (QED) is 0.397. The lowest BCUT2D eigenvalue weighted by molar-refractivity contribution is 0.112. The van der Waals surface area contributed by atoms with E-state index in [1.165, 1.54) is 0 Å². The molecule has 0 aliphatic carbocycles. The van der Waals surface area contributed by atoms with Crippen LogP contribution in [0.5, 0.6) is 0 Å². The number of rotatable bonds is 1. The Morgan fingerprint density at radius 3 is 2.86 bits per heavy atom. The van der Waals surface area contributed by atoms with E-state index >= 15 is 0 Å². The zero-order valence-corrected chi connectivity index (χ0v) is 7.95. The fraction of sp³-hybridized carbons (Fsp3) is 0. The number of aromatic nitrogens is 1. The second-order valence-corrected chi connectivity index (χ2v) is 3.30. The van der Waals surface area contributed by atoms with E-state index in [1.807, 2.05) is 0 Å². The summed E-state index contributed by atoms with van der Waals surface area (Å²) in [4.78, 5) is 14.7. The van der Waals surface area contributed by atoms with E-state index in [2.05, 4.69) is 4.98 Å². The number of aldehydes is 1. The molecule has 0 N–H and O–H groups in total. The maximum Gasteiger partial charge on any atom is 0.153 e. The van der Waals surface area contributed by atoms with Crippen molar-refractivity contribution in [3.63, 3.8) is 0 Å². The first-order valence-corrected chi connectivity index (χ1v) is 4.39. The van der Waals surface area contributed by atoms with E-state index in [0.717, 1.165) is 10.9 Å².